The number of amides is 2. The average Bonchev–Trinajstić information content (AvgIpc) is 2.67. The molecule has 6 nitrogen and oxygen atoms in total. The SMILES string of the molecule is CC(=O)Nc1ccccc1N1CC(CS(=O)(=O)F)CC1=O. The molecule has 2 amide bonds. The van der Waals surface area contributed by atoms with Gasteiger partial charge in [0.15, 0.2) is 0 Å². The zero-order valence-electron chi connectivity index (χ0n) is 11.4. The van der Waals surface area contributed by atoms with E-state index in [1.165, 1.54) is 11.8 Å². The van der Waals surface area contributed by atoms with Crippen LogP contribution < -0.4 is 10.2 Å². The number of carbonyl (C=O) groups excluding carboxylic acids is 2. The quantitative estimate of drug-likeness (QED) is 0.849. The van der Waals surface area contributed by atoms with Gasteiger partial charge >= 0.3 is 10.2 Å². The van der Waals surface area contributed by atoms with E-state index in [1.54, 1.807) is 24.3 Å². The first-order valence-electron chi connectivity index (χ1n) is 6.35. The number of carbonyl (C=O) groups is 2. The van der Waals surface area contributed by atoms with Crippen LogP contribution in [0.15, 0.2) is 24.3 Å². The molecule has 1 aromatic rings. The molecule has 0 spiro atoms. The summed E-state index contributed by atoms with van der Waals surface area (Å²) >= 11 is 0. The highest BCUT2D eigenvalue weighted by molar-refractivity contribution is 7.86. The van der Waals surface area contributed by atoms with Crippen LogP contribution in [0, 0.1) is 5.92 Å². The maximum Gasteiger partial charge on any atom is 0.302 e. The Labute approximate surface area is 122 Å². The molecule has 0 radical (unpaired) electrons. The third kappa shape index (κ3) is 4.01. The van der Waals surface area contributed by atoms with Crippen molar-refractivity contribution in [1.29, 1.82) is 0 Å². The summed E-state index contributed by atoms with van der Waals surface area (Å²) in [4.78, 5) is 24.6. The van der Waals surface area contributed by atoms with Crippen molar-refractivity contribution in [3.8, 4) is 0 Å². The van der Waals surface area contributed by atoms with Crippen LogP contribution in [-0.4, -0.2) is 32.5 Å². The first kappa shape index (κ1) is 15.4. The first-order chi connectivity index (χ1) is 9.76. The second kappa shape index (κ2) is 5.80. The third-order valence-electron chi connectivity index (χ3n) is 3.15. The minimum Gasteiger partial charge on any atom is -0.325 e. The lowest BCUT2D eigenvalue weighted by Crippen LogP contribution is -2.26. The molecule has 8 heteroatoms. The Kier molecular flexibility index (Phi) is 4.26. The van der Waals surface area contributed by atoms with Gasteiger partial charge in [-0.3, -0.25) is 9.59 Å². The lowest BCUT2D eigenvalue weighted by atomic mass is 10.1. The van der Waals surface area contributed by atoms with Crippen molar-refractivity contribution in [3.05, 3.63) is 24.3 Å². The summed E-state index contributed by atoms with van der Waals surface area (Å²) in [6, 6.07) is 6.70. The van der Waals surface area contributed by atoms with E-state index < -0.39 is 21.9 Å². The standard InChI is InChI=1S/C13H15FN2O4S/c1-9(17)15-11-4-2-3-5-12(11)16-7-10(6-13(16)18)8-21(14,19)20/h2-5,10H,6-8H2,1H3,(H,15,17). The highest BCUT2D eigenvalue weighted by Crippen LogP contribution is 2.31. The van der Waals surface area contributed by atoms with Crippen molar-refractivity contribution in [3.63, 3.8) is 0 Å². The Hall–Kier alpha value is -1.96. The van der Waals surface area contributed by atoms with Crippen LogP contribution in [0.3, 0.4) is 0 Å². The molecule has 1 N–H and O–H groups in total. The third-order valence-corrected chi connectivity index (χ3v) is 4.02. The second-order valence-corrected chi connectivity index (χ2v) is 6.39. The number of nitrogens with one attached hydrogen (secondary N) is 1. The maximum absolute atomic E-state index is 12.7. The normalized spacial score (nSPS) is 18.9. The largest absolute Gasteiger partial charge is 0.325 e. The monoisotopic (exact) mass is 314 g/mol. The van der Waals surface area contributed by atoms with Gasteiger partial charge in [-0.1, -0.05) is 12.1 Å². The van der Waals surface area contributed by atoms with Crippen molar-refractivity contribution in [2.45, 2.75) is 13.3 Å². The van der Waals surface area contributed by atoms with Crippen molar-refractivity contribution in [2.24, 2.45) is 5.92 Å². The smallest absolute Gasteiger partial charge is 0.302 e. The number of rotatable bonds is 4. The van der Waals surface area contributed by atoms with E-state index in [0.717, 1.165) is 0 Å². The lowest BCUT2D eigenvalue weighted by Gasteiger charge is -2.20. The van der Waals surface area contributed by atoms with Gasteiger partial charge in [-0.15, -0.1) is 3.89 Å². The highest BCUT2D eigenvalue weighted by atomic mass is 32.3. The van der Waals surface area contributed by atoms with Crippen LogP contribution in [-0.2, 0) is 19.8 Å². The van der Waals surface area contributed by atoms with Gasteiger partial charge < -0.3 is 10.2 Å². The van der Waals surface area contributed by atoms with E-state index in [4.69, 9.17) is 0 Å². The Balaban J connectivity index is 2.23. The molecule has 2 rings (SSSR count). The zero-order valence-corrected chi connectivity index (χ0v) is 12.2. The number of benzene rings is 1. The average molecular weight is 314 g/mol. The molecule has 1 aromatic carbocycles. The molecule has 1 saturated heterocycles. The molecule has 0 aromatic heterocycles. The summed E-state index contributed by atoms with van der Waals surface area (Å²) < 4.78 is 34.1. The minimum absolute atomic E-state index is 0.0302. The number of para-hydroxylation sites is 2. The molecule has 0 aliphatic carbocycles. The predicted molar refractivity (Wildman–Crippen MR) is 76.1 cm³/mol. The number of hydrogen-bond donors (Lipinski definition) is 1. The number of hydrogen-bond acceptors (Lipinski definition) is 4. The van der Waals surface area contributed by atoms with Crippen LogP contribution in [0.1, 0.15) is 13.3 Å². The molecule has 21 heavy (non-hydrogen) atoms. The van der Waals surface area contributed by atoms with Gasteiger partial charge in [-0.25, -0.2) is 0 Å². The Bertz CT molecular complexity index is 675. The van der Waals surface area contributed by atoms with E-state index >= 15 is 0 Å². The molecule has 1 aliphatic rings. The lowest BCUT2D eigenvalue weighted by molar-refractivity contribution is -0.117. The fourth-order valence-corrected chi connectivity index (χ4v) is 3.20. The molecule has 1 aliphatic heterocycles. The summed E-state index contributed by atoms with van der Waals surface area (Å²) in [5, 5.41) is 2.61. The molecular formula is C13H15FN2O4S. The summed E-state index contributed by atoms with van der Waals surface area (Å²) in [5.41, 5.74) is 0.943. The molecule has 1 heterocycles. The highest BCUT2D eigenvalue weighted by Gasteiger charge is 2.34. The van der Waals surface area contributed by atoms with E-state index in [-0.39, 0.29) is 24.8 Å². The minimum atomic E-state index is -4.61. The molecule has 1 fully saturated rings. The topological polar surface area (TPSA) is 83.6 Å². The predicted octanol–water partition coefficient (Wildman–Crippen LogP) is 1.30. The summed E-state index contributed by atoms with van der Waals surface area (Å²) in [7, 11) is -4.61. The van der Waals surface area contributed by atoms with Gasteiger partial charge in [0.2, 0.25) is 11.8 Å². The van der Waals surface area contributed by atoms with Crippen LogP contribution in [0.25, 0.3) is 0 Å². The van der Waals surface area contributed by atoms with Gasteiger partial charge in [0.05, 0.1) is 17.1 Å². The number of anilines is 2. The molecule has 0 bridgehead atoms. The van der Waals surface area contributed by atoms with Gasteiger partial charge in [0.25, 0.3) is 0 Å². The Morgan fingerprint density at radius 1 is 1.43 bits per heavy atom. The van der Waals surface area contributed by atoms with E-state index in [0.29, 0.717) is 11.4 Å². The van der Waals surface area contributed by atoms with Crippen molar-refractivity contribution < 1.29 is 21.9 Å². The number of halogens is 1. The Morgan fingerprint density at radius 2 is 2.10 bits per heavy atom. The fraction of sp³-hybridized carbons (Fsp3) is 0.385. The molecule has 1 unspecified atom stereocenters. The van der Waals surface area contributed by atoms with E-state index in [1.807, 2.05) is 0 Å². The van der Waals surface area contributed by atoms with Crippen molar-refractivity contribution in [1.82, 2.24) is 0 Å². The summed E-state index contributed by atoms with van der Waals surface area (Å²) in [6.45, 7) is 1.46. The first-order valence-corrected chi connectivity index (χ1v) is 7.91. The summed E-state index contributed by atoms with van der Waals surface area (Å²) in [6.07, 6.45) is -0.0302. The maximum atomic E-state index is 12.7. The number of nitrogens with zero attached hydrogens (tertiary/aromatic N) is 1. The second-order valence-electron chi connectivity index (χ2n) is 4.98. The molecule has 114 valence electrons. The van der Waals surface area contributed by atoms with E-state index in [2.05, 4.69) is 5.32 Å². The van der Waals surface area contributed by atoms with Crippen LogP contribution in [0.4, 0.5) is 15.3 Å². The van der Waals surface area contributed by atoms with Crippen molar-refractivity contribution in [2.75, 3.05) is 22.5 Å². The van der Waals surface area contributed by atoms with E-state index in [9.17, 15) is 21.9 Å². The fourth-order valence-electron chi connectivity index (χ4n) is 2.41. The van der Waals surface area contributed by atoms with Gasteiger partial charge in [0, 0.05) is 25.8 Å². The van der Waals surface area contributed by atoms with Crippen LogP contribution in [0.2, 0.25) is 0 Å². The molecular weight excluding hydrogens is 299 g/mol. The van der Waals surface area contributed by atoms with Gasteiger partial charge in [0.1, 0.15) is 0 Å². The van der Waals surface area contributed by atoms with Crippen LogP contribution in [0.5, 0.6) is 0 Å². The summed E-state index contributed by atoms with van der Waals surface area (Å²) in [5.74, 6) is -1.83. The Morgan fingerprint density at radius 3 is 2.71 bits per heavy atom. The molecule has 1 atom stereocenters. The molecule has 0 saturated carbocycles. The van der Waals surface area contributed by atoms with Gasteiger partial charge in [-0.2, -0.15) is 8.42 Å². The van der Waals surface area contributed by atoms with Crippen molar-refractivity contribution >= 4 is 33.4 Å². The van der Waals surface area contributed by atoms with Gasteiger partial charge in [-0.05, 0) is 12.1 Å². The van der Waals surface area contributed by atoms with Crippen LogP contribution >= 0.6 is 0 Å². The zero-order chi connectivity index (χ0) is 15.6.